The van der Waals surface area contributed by atoms with Gasteiger partial charge in [-0.25, -0.2) is 8.42 Å². The molecule has 158 valence electrons. The van der Waals surface area contributed by atoms with E-state index in [1.54, 1.807) is 12.1 Å². The normalized spacial score (nSPS) is 11.6. The lowest BCUT2D eigenvalue weighted by Gasteiger charge is -2.10. The van der Waals surface area contributed by atoms with Gasteiger partial charge in [0.2, 0.25) is 0 Å². The second-order valence-electron chi connectivity index (χ2n) is 7.48. The summed E-state index contributed by atoms with van der Waals surface area (Å²) in [6.07, 6.45) is 0. The summed E-state index contributed by atoms with van der Waals surface area (Å²) in [5.74, 6) is -0.0777. The molecule has 0 amide bonds. The van der Waals surface area contributed by atoms with E-state index in [1.165, 1.54) is 31.2 Å². The quantitative estimate of drug-likeness (QED) is 0.383. The Balaban J connectivity index is 1.84. The summed E-state index contributed by atoms with van der Waals surface area (Å²) in [5, 5.41) is 1.15. The first-order valence-corrected chi connectivity index (χ1v) is 11.5. The first-order chi connectivity index (χ1) is 14.7. The first kappa shape index (κ1) is 21.2. The number of carbonyl (C=O) groups is 1. The number of aryl methyl sites for hydroxylation is 1. The highest BCUT2D eigenvalue weighted by Crippen LogP contribution is 2.32. The second kappa shape index (κ2) is 7.87. The Morgan fingerprint density at radius 2 is 1.58 bits per heavy atom. The van der Waals surface area contributed by atoms with E-state index >= 15 is 0 Å². The van der Waals surface area contributed by atoms with Crippen molar-refractivity contribution in [2.24, 2.45) is 0 Å². The van der Waals surface area contributed by atoms with Crippen molar-refractivity contribution in [3.8, 4) is 5.69 Å². The molecule has 1 N–H and O–H groups in total. The molecule has 0 fully saturated rings. The number of fused-ring (bicyclic) bond motifs is 1. The van der Waals surface area contributed by atoms with Crippen LogP contribution in [0.25, 0.3) is 16.6 Å². The van der Waals surface area contributed by atoms with Crippen LogP contribution >= 0.6 is 11.6 Å². The van der Waals surface area contributed by atoms with E-state index in [1.807, 2.05) is 48.7 Å². The molecule has 0 radical (unpaired) electrons. The SMILES string of the molecule is CC(=O)c1c(C)n(-c2ccc(C)cc2)c2ccc(NS(=O)(=O)c3ccc(Cl)cc3)cc12. The third-order valence-corrected chi connectivity index (χ3v) is 6.87. The fraction of sp³-hybridized carbons (Fsp3) is 0.125. The van der Waals surface area contributed by atoms with Crippen LogP contribution < -0.4 is 4.72 Å². The average Bonchev–Trinajstić information content (AvgIpc) is 3.00. The zero-order chi connectivity index (χ0) is 22.3. The minimum Gasteiger partial charge on any atom is -0.313 e. The van der Waals surface area contributed by atoms with Crippen LogP contribution in [0.2, 0.25) is 5.02 Å². The fourth-order valence-corrected chi connectivity index (χ4v) is 4.96. The number of benzene rings is 3. The van der Waals surface area contributed by atoms with Gasteiger partial charge in [0, 0.05) is 33.0 Å². The maximum absolute atomic E-state index is 12.8. The van der Waals surface area contributed by atoms with Gasteiger partial charge in [0.15, 0.2) is 5.78 Å². The number of ketones is 1. The molecule has 1 heterocycles. The maximum atomic E-state index is 12.8. The summed E-state index contributed by atoms with van der Waals surface area (Å²) < 4.78 is 30.1. The van der Waals surface area contributed by atoms with Crippen molar-refractivity contribution in [1.29, 1.82) is 0 Å². The van der Waals surface area contributed by atoms with E-state index in [9.17, 15) is 13.2 Å². The molecule has 1 aromatic heterocycles. The summed E-state index contributed by atoms with van der Waals surface area (Å²) in [6.45, 7) is 5.43. The molecule has 4 rings (SSSR count). The van der Waals surface area contributed by atoms with Crippen LogP contribution in [0.5, 0.6) is 0 Å². The largest absolute Gasteiger partial charge is 0.313 e. The van der Waals surface area contributed by atoms with E-state index in [0.717, 1.165) is 22.5 Å². The molecule has 0 saturated heterocycles. The molecule has 31 heavy (non-hydrogen) atoms. The van der Waals surface area contributed by atoms with Gasteiger partial charge in [-0.15, -0.1) is 0 Å². The monoisotopic (exact) mass is 452 g/mol. The summed E-state index contributed by atoms with van der Waals surface area (Å²) in [6, 6.07) is 19.2. The van der Waals surface area contributed by atoms with Crippen molar-refractivity contribution < 1.29 is 13.2 Å². The van der Waals surface area contributed by atoms with E-state index < -0.39 is 10.0 Å². The van der Waals surface area contributed by atoms with Gasteiger partial charge in [-0.1, -0.05) is 29.3 Å². The summed E-state index contributed by atoms with van der Waals surface area (Å²) in [7, 11) is -3.79. The Morgan fingerprint density at radius 3 is 2.19 bits per heavy atom. The molecular weight excluding hydrogens is 432 g/mol. The lowest BCUT2D eigenvalue weighted by atomic mass is 10.1. The van der Waals surface area contributed by atoms with Crippen molar-refractivity contribution in [3.63, 3.8) is 0 Å². The highest BCUT2D eigenvalue weighted by molar-refractivity contribution is 7.92. The van der Waals surface area contributed by atoms with Crippen LogP contribution in [0.15, 0.2) is 71.6 Å². The van der Waals surface area contributed by atoms with Crippen LogP contribution in [0.3, 0.4) is 0 Å². The molecule has 0 spiro atoms. The molecule has 5 nitrogen and oxygen atoms in total. The van der Waals surface area contributed by atoms with Crippen molar-refractivity contribution in [2.45, 2.75) is 25.7 Å². The van der Waals surface area contributed by atoms with Crippen molar-refractivity contribution in [2.75, 3.05) is 4.72 Å². The van der Waals surface area contributed by atoms with Crippen LogP contribution in [-0.4, -0.2) is 18.8 Å². The highest BCUT2D eigenvalue weighted by Gasteiger charge is 2.20. The Morgan fingerprint density at radius 1 is 0.935 bits per heavy atom. The standard InChI is InChI=1S/C24H21ClN2O3S/c1-15-4-9-20(10-5-15)27-16(2)24(17(3)28)22-14-19(8-13-23(22)27)26-31(29,30)21-11-6-18(25)7-12-21/h4-14,26H,1-3H3. The van der Waals surface area contributed by atoms with Gasteiger partial charge in [-0.2, -0.15) is 0 Å². The van der Waals surface area contributed by atoms with Crippen LogP contribution in [0.4, 0.5) is 5.69 Å². The van der Waals surface area contributed by atoms with Gasteiger partial charge in [0.05, 0.1) is 10.4 Å². The highest BCUT2D eigenvalue weighted by atomic mass is 35.5. The van der Waals surface area contributed by atoms with Crippen molar-refractivity contribution >= 4 is 44.0 Å². The topological polar surface area (TPSA) is 68.2 Å². The maximum Gasteiger partial charge on any atom is 0.261 e. The number of nitrogens with one attached hydrogen (secondary N) is 1. The van der Waals surface area contributed by atoms with E-state index in [-0.39, 0.29) is 10.7 Å². The Hall–Kier alpha value is -3.09. The molecule has 0 saturated carbocycles. The molecule has 0 aliphatic rings. The number of aromatic nitrogens is 1. The summed E-state index contributed by atoms with van der Waals surface area (Å²) >= 11 is 5.86. The van der Waals surface area contributed by atoms with Crippen molar-refractivity contribution in [3.05, 3.63) is 88.6 Å². The number of halogens is 1. The van der Waals surface area contributed by atoms with Gasteiger partial charge in [0.1, 0.15) is 0 Å². The smallest absolute Gasteiger partial charge is 0.261 e. The predicted molar refractivity (Wildman–Crippen MR) is 125 cm³/mol. The Labute approximate surface area is 186 Å². The molecule has 0 aliphatic carbocycles. The number of anilines is 1. The third kappa shape index (κ3) is 3.96. The minimum absolute atomic E-state index is 0.0777. The molecular formula is C24H21ClN2O3S. The Kier molecular flexibility index (Phi) is 5.37. The van der Waals surface area contributed by atoms with Crippen LogP contribution in [-0.2, 0) is 10.0 Å². The molecule has 4 aromatic rings. The van der Waals surface area contributed by atoms with Gasteiger partial charge in [-0.3, -0.25) is 9.52 Å². The molecule has 0 unspecified atom stereocenters. The molecule has 3 aromatic carbocycles. The van der Waals surface area contributed by atoms with Gasteiger partial charge in [-0.05, 0) is 75.4 Å². The van der Waals surface area contributed by atoms with Gasteiger partial charge in [0.25, 0.3) is 10.0 Å². The zero-order valence-electron chi connectivity index (χ0n) is 17.3. The Bertz CT molecular complexity index is 1400. The number of hydrogen-bond acceptors (Lipinski definition) is 3. The number of hydrogen-bond donors (Lipinski definition) is 1. The van der Waals surface area contributed by atoms with Crippen molar-refractivity contribution in [1.82, 2.24) is 4.57 Å². The minimum atomic E-state index is -3.79. The number of sulfonamides is 1. The van der Waals surface area contributed by atoms with Gasteiger partial charge >= 0.3 is 0 Å². The lowest BCUT2D eigenvalue weighted by molar-refractivity contribution is 0.101. The summed E-state index contributed by atoms with van der Waals surface area (Å²) in [5.41, 5.74) is 4.68. The van der Waals surface area contributed by atoms with E-state index in [2.05, 4.69) is 4.72 Å². The molecule has 0 aliphatic heterocycles. The van der Waals surface area contributed by atoms with Gasteiger partial charge < -0.3 is 4.57 Å². The zero-order valence-corrected chi connectivity index (χ0v) is 18.9. The number of rotatable bonds is 5. The van der Waals surface area contributed by atoms with E-state index in [0.29, 0.717) is 21.7 Å². The summed E-state index contributed by atoms with van der Waals surface area (Å²) in [4.78, 5) is 12.6. The second-order valence-corrected chi connectivity index (χ2v) is 9.60. The number of carbonyl (C=O) groups excluding carboxylic acids is 1. The van der Waals surface area contributed by atoms with Crippen LogP contribution in [0.1, 0.15) is 28.5 Å². The average molecular weight is 453 g/mol. The fourth-order valence-electron chi connectivity index (χ4n) is 3.78. The third-order valence-electron chi connectivity index (χ3n) is 5.22. The first-order valence-electron chi connectivity index (χ1n) is 9.69. The molecule has 0 bridgehead atoms. The molecule has 0 atom stereocenters. The van der Waals surface area contributed by atoms with Crippen LogP contribution in [0, 0.1) is 13.8 Å². The lowest BCUT2D eigenvalue weighted by Crippen LogP contribution is -2.12. The number of Topliss-reactive ketones (excluding diaryl/α,β-unsaturated/α-hetero) is 1. The predicted octanol–water partition coefficient (Wildman–Crippen LogP) is 5.90. The van der Waals surface area contributed by atoms with E-state index in [4.69, 9.17) is 11.6 Å². The molecule has 7 heteroatoms. The number of nitrogens with zero attached hydrogens (tertiary/aromatic N) is 1.